The van der Waals surface area contributed by atoms with Crippen molar-refractivity contribution in [1.29, 1.82) is 0 Å². The van der Waals surface area contributed by atoms with Crippen LogP contribution in [0.2, 0.25) is 5.02 Å². The first-order valence-corrected chi connectivity index (χ1v) is 12.3. The van der Waals surface area contributed by atoms with Gasteiger partial charge in [0.2, 0.25) is 5.88 Å². The molecule has 6 rings (SSSR count). The molecule has 2 aromatic carbocycles. The number of hydrogen-bond acceptors (Lipinski definition) is 4. The highest BCUT2D eigenvalue weighted by atomic mass is 35.5. The number of aryl methyl sites for hydroxylation is 2. The number of aromatic nitrogens is 3. The van der Waals surface area contributed by atoms with Gasteiger partial charge in [-0.05, 0) is 63.1 Å². The Morgan fingerprint density at radius 2 is 1.94 bits per heavy atom. The molecule has 6 heteroatoms. The summed E-state index contributed by atoms with van der Waals surface area (Å²) >= 11 is 8.14. The lowest BCUT2D eigenvalue weighted by Gasteiger charge is -2.46. The number of halogens is 1. The molecule has 0 radical (unpaired) electrons. The molecule has 4 heterocycles. The molecule has 2 atom stereocenters. The van der Waals surface area contributed by atoms with Gasteiger partial charge >= 0.3 is 0 Å². The number of pyridine rings is 1. The molecule has 0 fully saturated rings. The number of rotatable bonds is 1. The fourth-order valence-electron chi connectivity index (χ4n) is 5.21. The third kappa shape index (κ3) is 2.91. The zero-order valence-corrected chi connectivity index (χ0v) is 20.1. The molecule has 2 aromatic heterocycles. The summed E-state index contributed by atoms with van der Waals surface area (Å²) in [5.74, 6) is 2.30. The molecule has 0 aliphatic carbocycles. The monoisotopic (exact) mass is 461 g/mol. The Morgan fingerprint density at radius 1 is 1.12 bits per heavy atom. The van der Waals surface area contributed by atoms with Crippen molar-refractivity contribution in [2.24, 2.45) is 5.92 Å². The van der Waals surface area contributed by atoms with Gasteiger partial charge in [0.1, 0.15) is 10.6 Å². The van der Waals surface area contributed by atoms with Crippen LogP contribution in [0.15, 0.2) is 53.6 Å². The highest BCUT2D eigenvalue weighted by Gasteiger charge is 2.50. The minimum atomic E-state index is -0.341. The Labute approximate surface area is 197 Å². The van der Waals surface area contributed by atoms with Gasteiger partial charge in [-0.15, -0.1) is 11.8 Å². The van der Waals surface area contributed by atoms with Crippen LogP contribution in [-0.2, 0) is 0 Å². The molecule has 2 unspecified atom stereocenters. The summed E-state index contributed by atoms with van der Waals surface area (Å²) in [6.45, 7) is 8.61. The van der Waals surface area contributed by atoms with Gasteiger partial charge in [-0.3, -0.25) is 0 Å². The van der Waals surface area contributed by atoms with E-state index < -0.39 is 0 Å². The minimum Gasteiger partial charge on any atom is -0.471 e. The number of thioether (sulfide) groups is 1. The predicted octanol–water partition coefficient (Wildman–Crippen LogP) is 6.72. The maximum absolute atomic E-state index is 6.68. The lowest BCUT2D eigenvalue weighted by atomic mass is 9.72. The third-order valence-electron chi connectivity index (χ3n) is 6.86. The van der Waals surface area contributed by atoms with E-state index in [1.165, 1.54) is 22.1 Å². The van der Waals surface area contributed by atoms with Crippen molar-refractivity contribution in [3.8, 4) is 11.6 Å². The summed E-state index contributed by atoms with van der Waals surface area (Å²) < 4.78 is 8.59. The normalized spacial score (nSPS) is 20.9. The van der Waals surface area contributed by atoms with Gasteiger partial charge in [-0.1, -0.05) is 35.9 Å². The van der Waals surface area contributed by atoms with E-state index >= 15 is 0 Å². The zero-order chi connectivity index (χ0) is 22.2. The van der Waals surface area contributed by atoms with E-state index in [9.17, 15) is 0 Å². The SMILES string of the molecule is Cc1nn(-c2cccc(Cl)c2)c2c1C1c3cc4cccc(C)c4nc3SCC1C(C)(C)O2. The van der Waals surface area contributed by atoms with E-state index in [-0.39, 0.29) is 11.5 Å². The third-order valence-corrected chi connectivity index (χ3v) is 8.22. The van der Waals surface area contributed by atoms with Crippen LogP contribution in [0.5, 0.6) is 5.88 Å². The van der Waals surface area contributed by atoms with Gasteiger partial charge < -0.3 is 4.74 Å². The number of benzene rings is 2. The molecule has 2 aliphatic rings. The largest absolute Gasteiger partial charge is 0.471 e. The summed E-state index contributed by atoms with van der Waals surface area (Å²) in [6.07, 6.45) is 0. The van der Waals surface area contributed by atoms with Crippen molar-refractivity contribution in [3.05, 3.63) is 75.9 Å². The highest BCUT2D eigenvalue weighted by Crippen LogP contribution is 2.55. The van der Waals surface area contributed by atoms with Crippen molar-refractivity contribution in [1.82, 2.24) is 14.8 Å². The Bertz CT molecular complexity index is 1390. The molecule has 0 saturated heterocycles. The maximum atomic E-state index is 6.68. The first kappa shape index (κ1) is 20.1. The molecule has 0 amide bonds. The van der Waals surface area contributed by atoms with Crippen LogP contribution >= 0.6 is 23.4 Å². The molecule has 0 bridgehead atoms. The van der Waals surface area contributed by atoms with Crippen LogP contribution < -0.4 is 4.74 Å². The fraction of sp³-hybridized carbons (Fsp3) is 0.308. The average Bonchev–Trinajstić information content (AvgIpc) is 3.07. The highest BCUT2D eigenvalue weighted by molar-refractivity contribution is 7.99. The predicted molar refractivity (Wildman–Crippen MR) is 131 cm³/mol. The van der Waals surface area contributed by atoms with Gasteiger partial charge in [0.15, 0.2) is 0 Å². The quantitative estimate of drug-likeness (QED) is 0.315. The second-order valence-electron chi connectivity index (χ2n) is 9.33. The molecule has 0 saturated carbocycles. The number of fused-ring (bicyclic) bond motifs is 6. The molecule has 4 aromatic rings. The zero-order valence-electron chi connectivity index (χ0n) is 18.5. The van der Waals surface area contributed by atoms with Gasteiger partial charge in [-0.2, -0.15) is 5.10 Å². The Hall–Kier alpha value is -2.50. The van der Waals surface area contributed by atoms with Crippen LogP contribution in [-0.4, -0.2) is 26.1 Å². The van der Waals surface area contributed by atoms with Crippen molar-refractivity contribution >= 4 is 34.3 Å². The second-order valence-corrected chi connectivity index (χ2v) is 10.8. The standard InChI is InChI=1S/C26H24ClN3OS/c1-14-7-5-8-16-11-19-22-20(13-32-24(19)28-23(14)16)26(3,4)31-25-21(22)15(2)29-30(25)18-10-6-9-17(27)12-18/h5-12,20,22H,13H2,1-4H3. The summed E-state index contributed by atoms with van der Waals surface area (Å²) in [6, 6.07) is 16.5. The van der Waals surface area contributed by atoms with E-state index in [0.717, 1.165) is 33.6 Å². The van der Waals surface area contributed by atoms with Crippen molar-refractivity contribution < 1.29 is 4.74 Å². The van der Waals surface area contributed by atoms with Gasteiger partial charge in [0.05, 0.1) is 16.9 Å². The molecule has 0 spiro atoms. The smallest absolute Gasteiger partial charge is 0.221 e. The topological polar surface area (TPSA) is 39.9 Å². The van der Waals surface area contributed by atoms with Crippen molar-refractivity contribution in [2.75, 3.05) is 5.75 Å². The number of hydrogen-bond donors (Lipinski definition) is 0. The molecule has 4 nitrogen and oxygen atoms in total. The summed E-state index contributed by atoms with van der Waals surface area (Å²) in [5, 5.41) is 7.92. The Kier molecular flexibility index (Phi) is 4.40. The first-order chi connectivity index (χ1) is 15.3. The van der Waals surface area contributed by atoms with E-state index in [1.807, 2.05) is 40.7 Å². The van der Waals surface area contributed by atoms with E-state index in [4.69, 9.17) is 26.4 Å². The second kappa shape index (κ2) is 7.00. The van der Waals surface area contributed by atoms with E-state index in [1.54, 1.807) is 0 Å². The minimum absolute atomic E-state index is 0.190. The molecular weight excluding hydrogens is 438 g/mol. The van der Waals surface area contributed by atoms with Crippen LogP contribution in [0.3, 0.4) is 0 Å². The molecule has 32 heavy (non-hydrogen) atoms. The van der Waals surface area contributed by atoms with E-state index in [0.29, 0.717) is 10.9 Å². The first-order valence-electron chi connectivity index (χ1n) is 10.9. The summed E-state index contributed by atoms with van der Waals surface area (Å²) in [4.78, 5) is 5.11. The van der Waals surface area contributed by atoms with E-state index in [2.05, 4.69) is 52.0 Å². The maximum Gasteiger partial charge on any atom is 0.221 e. The van der Waals surface area contributed by atoms with Crippen LogP contribution in [0.25, 0.3) is 16.6 Å². The van der Waals surface area contributed by atoms with Gasteiger partial charge in [0.25, 0.3) is 0 Å². The van der Waals surface area contributed by atoms with Crippen molar-refractivity contribution in [2.45, 2.75) is 44.2 Å². The number of para-hydroxylation sites is 1. The van der Waals surface area contributed by atoms with Gasteiger partial charge in [0, 0.05) is 33.6 Å². The van der Waals surface area contributed by atoms with Gasteiger partial charge in [-0.25, -0.2) is 9.67 Å². The average molecular weight is 462 g/mol. The Balaban J connectivity index is 1.61. The molecule has 0 N–H and O–H groups in total. The number of ether oxygens (including phenoxy) is 1. The lowest BCUT2D eigenvalue weighted by molar-refractivity contribution is 0.0199. The molecular formula is C26H24ClN3OS. The summed E-state index contributed by atoms with van der Waals surface area (Å²) in [5.41, 5.74) is 6.33. The van der Waals surface area contributed by atoms with Crippen LogP contribution in [0.1, 0.15) is 42.1 Å². The van der Waals surface area contributed by atoms with Crippen LogP contribution in [0.4, 0.5) is 0 Å². The Morgan fingerprint density at radius 3 is 2.75 bits per heavy atom. The lowest BCUT2D eigenvalue weighted by Crippen LogP contribution is -2.47. The number of nitrogens with zero attached hydrogens (tertiary/aromatic N) is 3. The van der Waals surface area contributed by atoms with Crippen molar-refractivity contribution in [3.63, 3.8) is 0 Å². The molecule has 162 valence electrons. The summed E-state index contributed by atoms with van der Waals surface area (Å²) in [7, 11) is 0. The molecule has 2 aliphatic heterocycles. The fourth-order valence-corrected chi connectivity index (χ4v) is 6.83. The van der Waals surface area contributed by atoms with Crippen LogP contribution in [0, 0.1) is 19.8 Å².